The van der Waals surface area contributed by atoms with Crippen molar-refractivity contribution in [3.8, 4) is 12.3 Å². The summed E-state index contributed by atoms with van der Waals surface area (Å²) in [5.74, 6) is -14.6. The van der Waals surface area contributed by atoms with Gasteiger partial charge in [-0.2, -0.15) is 0 Å². The van der Waals surface area contributed by atoms with Gasteiger partial charge in [0.1, 0.15) is 23.4 Å². The molecule has 9 heteroatoms. The van der Waals surface area contributed by atoms with Crippen LogP contribution in [0.3, 0.4) is 0 Å². The van der Waals surface area contributed by atoms with E-state index in [0.717, 1.165) is 6.11 Å². The van der Waals surface area contributed by atoms with Crippen LogP contribution in [-0.4, -0.2) is 5.97 Å². The van der Waals surface area contributed by atoms with Gasteiger partial charge in [0, 0.05) is 0 Å². The Morgan fingerprint density at radius 1 is 0.864 bits per heavy atom. The quantitative estimate of drug-likeness (QED) is 0.263. The van der Waals surface area contributed by atoms with E-state index in [0.29, 0.717) is 6.17 Å². The second-order valence-corrected chi connectivity index (χ2v) is 3.81. The van der Waals surface area contributed by atoms with Crippen molar-refractivity contribution in [3.05, 3.63) is 46.5 Å². The van der Waals surface area contributed by atoms with Gasteiger partial charge in [-0.05, 0) is 6.07 Å². The number of carbonyl (C=O) groups excluding carboxylic acids is 1. The van der Waals surface area contributed by atoms with Crippen molar-refractivity contribution in [1.82, 2.24) is 0 Å². The van der Waals surface area contributed by atoms with E-state index in [1.165, 1.54) is 0 Å². The lowest BCUT2D eigenvalue weighted by molar-refractivity contribution is 0.0684. The monoisotopic (exact) mass is 322 g/mol. The van der Waals surface area contributed by atoms with Gasteiger partial charge in [0.15, 0.2) is 29.4 Å². The van der Waals surface area contributed by atoms with Gasteiger partial charge in [0.2, 0.25) is 0 Å². The molecule has 0 atom stereocenters. The number of rotatable bonds is 1. The number of halogens is 7. The Morgan fingerprint density at radius 2 is 1.41 bits per heavy atom. The molecule has 0 unspecified atom stereocenters. The van der Waals surface area contributed by atoms with Gasteiger partial charge in [0.25, 0.3) is 0 Å². The van der Waals surface area contributed by atoms with E-state index in [2.05, 4.69) is 4.74 Å². The normalized spacial score (nSPS) is 10.3. The summed E-state index contributed by atoms with van der Waals surface area (Å²) in [6, 6.07) is 0.0553. The van der Waals surface area contributed by atoms with Crippen LogP contribution >= 0.6 is 0 Å². The minimum Gasteiger partial charge on any atom is -0.366 e. The second kappa shape index (κ2) is 5.55. The Kier molecular flexibility index (Phi) is 3.95. The summed E-state index contributed by atoms with van der Waals surface area (Å²) in [6.07, 6.45) is 1.75. The number of benzene rings is 2. The molecule has 0 amide bonds. The van der Waals surface area contributed by atoms with Crippen LogP contribution in [0.25, 0.3) is 10.8 Å². The van der Waals surface area contributed by atoms with Crippen LogP contribution in [0.4, 0.5) is 30.7 Å². The van der Waals surface area contributed by atoms with Crippen molar-refractivity contribution in [2.75, 3.05) is 0 Å². The Labute approximate surface area is 117 Å². The van der Waals surface area contributed by atoms with Crippen LogP contribution in [0, 0.1) is 47.2 Å². The van der Waals surface area contributed by atoms with Gasteiger partial charge >= 0.3 is 5.97 Å². The molecule has 0 N–H and O–H groups in total. The predicted octanol–water partition coefficient (Wildman–Crippen LogP) is 3.72. The summed E-state index contributed by atoms with van der Waals surface area (Å²) in [5.41, 5.74) is -1.31. The molecule has 0 saturated carbocycles. The highest BCUT2D eigenvalue weighted by Gasteiger charge is 2.29. The highest BCUT2D eigenvalue weighted by atomic mass is 19.2. The molecule has 0 aliphatic rings. The standard InChI is InChI=1S/C13HF7O2/c14-1-2-22-13(21)4-3-5(15)6-7(8(4)16)10(18)12(20)11(19)9(6)17/h3H. The summed E-state index contributed by atoms with van der Waals surface area (Å²) in [6.45, 7) is 0. The summed E-state index contributed by atoms with van der Waals surface area (Å²) >= 11 is 0. The summed E-state index contributed by atoms with van der Waals surface area (Å²) in [5, 5.41) is -3.15. The van der Waals surface area contributed by atoms with Crippen molar-refractivity contribution in [3.63, 3.8) is 0 Å². The first-order valence-corrected chi connectivity index (χ1v) is 5.26. The molecule has 2 nitrogen and oxygen atoms in total. The zero-order valence-electron chi connectivity index (χ0n) is 10.0. The number of carbonyl (C=O) groups is 1. The molecule has 0 heterocycles. The van der Waals surface area contributed by atoms with Crippen molar-refractivity contribution in [1.29, 1.82) is 0 Å². The summed E-state index contributed by atoms with van der Waals surface area (Å²) in [4.78, 5) is 11.3. The number of hydrogen-bond acceptors (Lipinski definition) is 2. The molecule has 22 heavy (non-hydrogen) atoms. The van der Waals surface area contributed by atoms with Gasteiger partial charge in [-0.3, -0.25) is 0 Å². The van der Waals surface area contributed by atoms with Gasteiger partial charge in [0.05, 0.1) is 10.8 Å². The maximum Gasteiger partial charge on any atom is 0.355 e. The Hall–Kier alpha value is -2.76. The topological polar surface area (TPSA) is 26.3 Å². The van der Waals surface area contributed by atoms with Crippen LogP contribution < -0.4 is 0 Å². The third-order valence-electron chi connectivity index (χ3n) is 2.64. The van der Waals surface area contributed by atoms with E-state index in [1.807, 2.05) is 0 Å². The average Bonchev–Trinajstić information content (AvgIpc) is 2.49. The number of hydrogen-bond donors (Lipinski definition) is 0. The van der Waals surface area contributed by atoms with Crippen LogP contribution in [0.1, 0.15) is 10.4 Å². The molecule has 0 spiro atoms. The largest absolute Gasteiger partial charge is 0.366 e. The molecule has 0 bridgehead atoms. The van der Waals surface area contributed by atoms with Crippen LogP contribution in [0.5, 0.6) is 0 Å². The third-order valence-corrected chi connectivity index (χ3v) is 2.64. The van der Waals surface area contributed by atoms with Crippen molar-refractivity contribution < 1.29 is 40.3 Å². The van der Waals surface area contributed by atoms with Crippen LogP contribution in [-0.2, 0) is 4.74 Å². The minimum absolute atomic E-state index is 0.0553. The lowest BCUT2D eigenvalue weighted by atomic mass is 10.0. The molecule has 0 aromatic heterocycles. The van der Waals surface area contributed by atoms with Gasteiger partial charge in [-0.15, -0.1) is 4.39 Å². The Morgan fingerprint density at radius 3 is 1.95 bits per heavy atom. The molecule has 2 rings (SSSR count). The zero-order valence-corrected chi connectivity index (χ0v) is 10.0. The molecule has 0 aliphatic heterocycles. The zero-order chi connectivity index (χ0) is 16.6. The minimum atomic E-state index is -2.39. The third kappa shape index (κ3) is 2.22. The predicted molar refractivity (Wildman–Crippen MR) is 58.0 cm³/mol. The Balaban J connectivity index is 2.89. The van der Waals surface area contributed by atoms with Gasteiger partial charge < -0.3 is 4.74 Å². The number of ether oxygens (including phenoxy) is 1. The lowest BCUT2D eigenvalue weighted by Gasteiger charge is -2.09. The molecular formula is C13HF7O2. The smallest absolute Gasteiger partial charge is 0.355 e. The van der Waals surface area contributed by atoms with Crippen LogP contribution in [0.15, 0.2) is 6.07 Å². The van der Waals surface area contributed by atoms with E-state index in [4.69, 9.17) is 0 Å². The van der Waals surface area contributed by atoms with Gasteiger partial charge in [-0.1, -0.05) is 0 Å². The Bertz CT molecular complexity index is 865. The summed E-state index contributed by atoms with van der Waals surface area (Å²) in [7, 11) is 0. The fraction of sp³-hybridized carbons (Fsp3) is 0. The molecule has 0 radical (unpaired) electrons. The molecule has 114 valence electrons. The maximum absolute atomic E-state index is 14.0. The number of fused-ring (bicyclic) bond motifs is 1. The molecule has 0 saturated heterocycles. The fourth-order valence-corrected chi connectivity index (χ4v) is 1.73. The molecule has 0 fully saturated rings. The average molecular weight is 322 g/mol. The second-order valence-electron chi connectivity index (χ2n) is 3.81. The number of esters is 1. The first-order chi connectivity index (χ1) is 10.3. The van der Waals surface area contributed by atoms with E-state index < -0.39 is 57.2 Å². The molecule has 0 aliphatic carbocycles. The van der Waals surface area contributed by atoms with Crippen molar-refractivity contribution >= 4 is 16.7 Å². The van der Waals surface area contributed by atoms with Crippen molar-refractivity contribution in [2.45, 2.75) is 0 Å². The van der Waals surface area contributed by atoms with Gasteiger partial charge in [-0.25, -0.2) is 31.1 Å². The SMILES string of the molecule is O=C(OC#CF)c1cc(F)c2c(F)c(F)c(F)c(F)c2c1F. The van der Waals surface area contributed by atoms with E-state index in [-0.39, 0.29) is 6.07 Å². The van der Waals surface area contributed by atoms with E-state index in [1.54, 1.807) is 0 Å². The highest BCUT2D eigenvalue weighted by molar-refractivity contribution is 5.97. The fourth-order valence-electron chi connectivity index (χ4n) is 1.73. The van der Waals surface area contributed by atoms with E-state index in [9.17, 15) is 35.5 Å². The molecule has 2 aromatic carbocycles. The molecule has 2 aromatic rings. The van der Waals surface area contributed by atoms with E-state index >= 15 is 0 Å². The lowest BCUT2D eigenvalue weighted by Crippen LogP contribution is -2.09. The maximum atomic E-state index is 14.0. The van der Waals surface area contributed by atoms with Crippen molar-refractivity contribution in [2.24, 2.45) is 0 Å². The van der Waals surface area contributed by atoms with Crippen LogP contribution in [0.2, 0.25) is 0 Å². The first-order valence-electron chi connectivity index (χ1n) is 5.26. The molecular weight excluding hydrogens is 321 g/mol. The highest BCUT2D eigenvalue weighted by Crippen LogP contribution is 2.32. The first kappa shape index (κ1) is 15.6. The summed E-state index contributed by atoms with van der Waals surface area (Å²) < 4.78 is 96.1.